The molecule has 0 saturated carbocycles. The van der Waals surface area contributed by atoms with Crippen LogP contribution >= 0.6 is 0 Å². The molecule has 0 aliphatic rings. The number of hydrogen-bond acceptors (Lipinski definition) is 4. The van der Waals surface area contributed by atoms with Gasteiger partial charge < -0.3 is 19.7 Å². The van der Waals surface area contributed by atoms with E-state index in [1.165, 1.54) is 12.1 Å². The molecule has 0 bridgehead atoms. The molecule has 1 rings (SSSR count). The summed E-state index contributed by atoms with van der Waals surface area (Å²) < 4.78 is 18.5. The predicted octanol–water partition coefficient (Wildman–Crippen LogP) is -0.164. The number of nitrogens with zero attached hydrogens (tertiary/aromatic N) is 1. The summed E-state index contributed by atoms with van der Waals surface area (Å²) >= 11 is 0. The monoisotopic (exact) mass is 241 g/mol. The molecular weight excluding hydrogens is 224 g/mol. The van der Waals surface area contributed by atoms with Crippen molar-refractivity contribution in [1.82, 2.24) is 4.90 Å². The Morgan fingerprint density at radius 3 is 2.59 bits per heavy atom. The minimum Gasteiger partial charge on any atom is -0.493 e. The van der Waals surface area contributed by atoms with E-state index in [2.05, 4.69) is 0 Å². The van der Waals surface area contributed by atoms with Gasteiger partial charge in [0.2, 0.25) is 0 Å². The Morgan fingerprint density at radius 2 is 2.00 bits per heavy atom. The van der Waals surface area contributed by atoms with Crippen LogP contribution in [0, 0.1) is 5.82 Å². The smallest absolute Gasteiger partial charge is 0.488 e. The molecule has 94 valence electrons. The largest absolute Gasteiger partial charge is 0.493 e. The molecule has 0 aliphatic heterocycles. The maximum Gasteiger partial charge on any atom is 0.488 e. The van der Waals surface area contributed by atoms with Gasteiger partial charge >= 0.3 is 7.12 Å². The van der Waals surface area contributed by atoms with Crippen molar-refractivity contribution < 1.29 is 19.2 Å². The lowest BCUT2D eigenvalue weighted by Gasteiger charge is -2.11. The standard InChI is InChI=1S/C11H17BFNO3/c1-14(2)4-3-5-17-11-7-9(12(15)16)6-10(13)8-11/h6-8,15-16H,3-5H2,1-2H3. The summed E-state index contributed by atoms with van der Waals surface area (Å²) in [5.74, 6) is -0.231. The fourth-order valence-corrected chi connectivity index (χ4v) is 1.39. The van der Waals surface area contributed by atoms with Gasteiger partial charge in [-0.15, -0.1) is 0 Å². The van der Waals surface area contributed by atoms with E-state index in [0.717, 1.165) is 19.0 Å². The van der Waals surface area contributed by atoms with Crippen molar-refractivity contribution in [3.05, 3.63) is 24.0 Å². The Labute approximate surface area is 101 Å². The lowest BCUT2D eigenvalue weighted by molar-refractivity contribution is 0.280. The average molecular weight is 241 g/mol. The SMILES string of the molecule is CN(C)CCCOc1cc(F)cc(B(O)O)c1. The van der Waals surface area contributed by atoms with Crippen molar-refractivity contribution in [2.45, 2.75) is 6.42 Å². The van der Waals surface area contributed by atoms with E-state index in [0.29, 0.717) is 12.4 Å². The first-order chi connectivity index (χ1) is 7.99. The fraction of sp³-hybridized carbons (Fsp3) is 0.455. The Kier molecular flexibility index (Phi) is 5.41. The van der Waals surface area contributed by atoms with Crippen molar-refractivity contribution in [2.24, 2.45) is 0 Å². The molecule has 2 N–H and O–H groups in total. The summed E-state index contributed by atoms with van der Waals surface area (Å²) in [6, 6.07) is 3.71. The highest BCUT2D eigenvalue weighted by atomic mass is 19.1. The van der Waals surface area contributed by atoms with E-state index < -0.39 is 12.9 Å². The third-order valence-electron chi connectivity index (χ3n) is 2.21. The fourth-order valence-electron chi connectivity index (χ4n) is 1.39. The topological polar surface area (TPSA) is 52.9 Å². The third-order valence-corrected chi connectivity index (χ3v) is 2.21. The molecule has 0 heterocycles. The van der Waals surface area contributed by atoms with Gasteiger partial charge in [-0.1, -0.05) is 0 Å². The quantitative estimate of drug-likeness (QED) is 0.536. The van der Waals surface area contributed by atoms with Crippen LogP contribution in [0.25, 0.3) is 0 Å². The molecule has 17 heavy (non-hydrogen) atoms. The normalized spacial score (nSPS) is 10.7. The molecule has 0 fully saturated rings. The molecule has 0 aromatic heterocycles. The second-order valence-electron chi connectivity index (χ2n) is 4.10. The molecule has 1 aromatic rings. The number of halogens is 1. The van der Waals surface area contributed by atoms with E-state index in [4.69, 9.17) is 14.8 Å². The van der Waals surface area contributed by atoms with Gasteiger partial charge in [-0.2, -0.15) is 0 Å². The van der Waals surface area contributed by atoms with Gasteiger partial charge in [-0.3, -0.25) is 0 Å². The molecule has 0 unspecified atom stereocenters. The van der Waals surface area contributed by atoms with E-state index in [1.807, 2.05) is 19.0 Å². The van der Waals surface area contributed by atoms with Gasteiger partial charge in [0.1, 0.15) is 11.6 Å². The van der Waals surface area contributed by atoms with Crippen LogP contribution in [0.15, 0.2) is 18.2 Å². The second-order valence-corrected chi connectivity index (χ2v) is 4.10. The number of benzene rings is 1. The molecule has 0 radical (unpaired) electrons. The molecule has 0 amide bonds. The molecule has 0 aliphatic carbocycles. The maximum atomic E-state index is 13.1. The lowest BCUT2D eigenvalue weighted by Crippen LogP contribution is -2.30. The van der Waals surface area contributed by atoms with E-state index in [-0.39, 0.29) is 5.46 Å². The molecule has 0 atom stereocenters. The van der Waals surface area contributed by atoms with Gasteiger partial charge in [-0.05, 0) is 38.1 Å². The minimum absolute atomic E-state index is 0.0904. The highest BCUT2D eigenvalue weighted by molar-refractivity contribution is 6.58. The Balaban J connectivity index is 2.53. The zero-order valence-corrected chi connectivity index (χ0v) is 10.1. The van der Waals surface area contributed by atoms with Crippen molar-refractivity contribution in [2.75, 3.05) is 27.2 Å². The van der Waals surface area contributed by atoms with Gasteiger partial charge in [0, 0.05) is 12.6 Å². The lowest BCUT2D eigenvalue weighted by atomic mass is 9.80. The van der Waals surface area contributed by atoms with Crippen LogP contribution in [0.4, 0.5) is 4.39 Å². The highest BCUT2D eigenvalue weighted by Gasteiger charge is 2.13. The van der Waals surface area contributed by atoms with Crippen LogP contribution < -0.4 is 10.2 Å². The van der Waals surface area contributed by atoms with Gasteiger partial charge in [0.05, 0.1) is 6.61 Å². The first kappa shape index (κ1) is 14.0. The number of ether oxygens (including phenoxy) is 1. The summed E-state index contributed by atoms with van der Waals surface area (Å²) in [5, 5.41) is 17.9. The van der Waals surface area contributed by atoms with Crippen molar-refractivity contribution in [3.63, 3.8) is 0 Å². The molecule has 0 spiro atoms. The van der Waals surface area contributed by atoms with E-state index in [9.17, 15) is 4.39 Å². The number of rotatable bonds is 6. The predicted molar refractivity (Wildman–Crippen MR) is 64.9 cm³/mol. The zero-order valence-electron chi connectivity index (χ0n) is 10.1. The second kappa shape index (κ2) is 6.59. The summed E-state index contributed by atoms with van der Waals surface area (Å²) in [6.45, 7) is 1.34. The van der Waals surface area contributed by atoms with Crippen LogP contribution in [0.3, 0.4) is 0 Å². The Bertz CT molecular complexity index is 361. The van der Waals surface area contributed by atoms with Crippen molar-refractivity contribution in [1.29, 1.82) is 0 Å². The summed E-state index contributed by atoms with van der Waals surface area (Å²) in [6.07, 6.45) is 0.820. The zero-order chi connectivity index (χ0) is 12.8. The third kappa shape index (κ3) is 5.17. The van der Waals surface area contributed by atoms with Crippen LogP contribution in [-0.4, -0.2) is 49.3 Å². The Morgan fingerprint density at radius 1 is 1.29 bits per heavy atom. The van der Waals surface area contributed by atoms with Gasteiger partial charge in [-0.25, -0.2) is 4.39 Å². The van der Waals surface area contributed by atoms with Gasteiger partial charge in [0.25, 0.3) is 0 Å². The molecule has 4 nitrogen and oxygen atoms in total. The molecular formula is C11H17BFNO3. The van der Waals surface area contributed by atoms with E-state index >= 15 is 0 Å². The van der Waals surface area contributed by atoms with E-state index in [1.54, 1.807) is 0 Å². The van der Waals surface area contributed by atoms with Crippen molar-refractivity contribution >= 4 is 12.6 Å². The Hall–Kier alpha value is -1.11. The van der Waals surface area contributed by atoms with Crippen LogP contribution in [-0.2, 0) is 0 Å². The molecule has 1 aromatic carbocycles. The molecule has 0 saturated heterocycles. The van der Waals surface area contributed by atoms with Crippen molar-refractivity contribution in [3.8, 4) is 5.75 Å². The first-order valence-corrected chi connectivity index (χ1v) is 5.43. The number of hydrogen-bond donors (Lipinski definition) is 2. The summed E-state index contributed by atoms with van der Waals surface area (Å²) in [5.41, 5.74) is 0.0904. The molecule has 6 heteroatoms. The summed E-state index contributed by atoms with van der Waals surface area (Å²) in [7, 11) is 2.24. The van der Waals surface area contributed by atoms with Gasteiger partial charge in [0.15, 0.2) is 0 Å². The minimum atomic E-state index is -1.69. The van der Waals surface area contributed by atoms with Crippen LogP contribution in [0.5, 0.6) is 5.75 Å². The van der Waals surface area contributed by atoms with Crippen LogP contribution in [0.1, 0.15) is 6.42 Å². The highest BCUT2D eigenvalue weighted by Crippen LogP contribution is 2.11. The maximum absolute atomic E-state index is 13.1. The average Bonchev–Trinajstić information content (AvgIpc) is 2.23. The summed E-state index contributed by atoms with van der Waals surface area (Å²) in [4.78, 5) is 2.03. The first-order valence-electron chi connectivity index (χ1n) is 5.43. The van der Waals surface area contributed by atoms with Crippen LogP contribution in [0.2, 0.25) is 0 Å².